The van der Waals surface area contributed by atoms with Crippen LogP contribution in [0, 0.1) is 11.7 Å². The highest BCUT2D eigenvalue weighted by Gasteiger charge is 2.24. The Labute approximate surface area is 97.4 Å². The van der Waals surface area contributed by atoms with Crippen LogP contribution in [0.1, 0.15) is 6.42 Å². The third kappa shape index (κ3) is 2.16. The second-order valence-corrected chi connectivity index (χ2v) is 4.76. The van der Waals surface area contributed by atoms with Gasteiger partial charge in [0, 0.05) is 17.6 Å². The molecule has 2 nitrogen and oxygen atoms in total. The van der Waals surface area contributed by atoms with Gasteiger partial charge in [-0.3, -0.25) is 0 Å². The van der Waals surface area contributed by atoms with Gasteiger partial charge in [0.15, 0.2) is 0 Å². The van der Waals surface area contributed by atoms with Crippen molar-refractivity contribution >= 4 is 21.6 Å². The van der Waals surface area contributed by atoms with E-state index in [2.05, 4.69) is 20.8 Å². The molecule has 1 heterocycles. The maximum atomic E-state index is 13.6. The number of rotatable bonds is 2. The summed E-state index contributed by atoms with van der Waals surface area (Å²) in [7, 11) is 0. The van der Waals surface area contributed by atoms with Crippen LogP contribution < -0.4 is 10.6 Å². The number of benzene rings is 1. The molecule has 0 aromatic heterocycles. The molecule has 1 saturated heterocycles. The van der Waals surface area contributed by atoms with Gasteiger partial charge in [-0.2, -0.15) is 0 Å². The molecule has 1 aliphatic rings. The fourth-order valence-corrected chi connectivity index (χ4v) is 2.61. The van der Waals surface area contributed by atoms with Crippen LogP contribution in [0.15, 0.2) is 22.7 Å². The van der Waals surface area contributed by atoms with Crippen LogP contribution in [0.5, 0.6) is 0 Å². The van der Waals surface area contributed by atoms with Crippen molar-refractivity contribution in [2.45, 2.75) is 6.42 Å². The highest BCUT2D eigenvalue weighted by Crippen LogP contribution is 2.32. The second-order valence-electron chi connectivity index (χ2n) is 3.91. The first-order chi connectivity index (χ1) is 7.22. The van der Waals surface area contributed by atoms with E-state index in [1.54, 1.807) is 6.07 Å². The van der Waals surface area contributed by atoms with Crippen molar-refractivity contribution in [3.63, 3.8) is 0 Å². The zero-order valence-electron chi connectivity index (χ0n) is 8.42. The Kier molecular flexibility index (Phi) is 3.26. The maximum absolute atomic E-state index is 13.6. The van der Waals surface area contributed by atoms with Gasteiger partial charge in [0.1, 0.15) is 5.82 Å². The third-order valence-electron chi connectivity index (χ3n) is 2.87. The number of hydrogen-bond acceptors (Lipinski definition) is 2. The minimum absolute atomic E-state index is 0.165. The zero-order valence-corrected chi connectivity index (χ0v) is 10.0. The number of para-hydroxylation sites is 1. The van der Waals surface area contributed by atoms with E-state index < -0.39 is 0 Å². The predicted molar refractivity (Wildman–Crippen MR) is 63.5 cm³/mol. The molecule has 0 aliphatic carbocycles. The first-order valence-corrected chi connectivity index (χ1v) is 5.90. The molecular weight excluding hydrogens is 259 g/mol. The summed E-state index contributed by atoms with van der Waals surface area (Å²) in [4.78, 5) is 2.07. The smallest absolute Gasteiger partial charge is 0.147 e. The van der Waals surface area contributed by atoms with Crippen LogP contribution in [-0.2, 0) is 0 Å². The van der Waals surface area contributed by atoms with Gasteiger partial charge in [-0.15, -0.1) is 0 Å². The molecule has 15 heavy (non-hydrogen) atoms. The van der Waals surface area contributed by atoms with Crippen molar-refractivity contribution in [1.82, 2.24) is 0 Å². The molecule has 4 heteroatoms. The molecule has 1 aliphatic heterocycles. The van der Waals surface area contributed by atoms with Crippen molar-refractivity contribution in [3.05, 3.63) is 28.5 Å². The average Bonchev–Trinajstić information content (AvgIpc) is 2.66. The van der Waals surface area contributed by atoms with E-state index in [0.717, 1.165) is 24.0 Å². The van der Waals surface area contributed by atoms with Crippen LogP contribution in [0.3, 0.4) is 0 Å². The fourth-order valence-electron chi connectivity index (χ4n) is 2.02. The van der Waals surface area contributed by atoms with Crippen molar-refractivity contribution in [3.8, 4) is 0 Å². The standard InChI is InChI=1S/C11H14BrFN2/c12-9-2-1-3-10(13)11(9)15-5-4-8(6-14)7-15/h1-3,8H,4-7,14H2. The van der Waals surface area contributed by atoms with Gasteiger partial charge >= 0.3 is 0 Å². The Morgan fingerprint density at radius 3 is 2.93 bits per heavy atom. The molecule has 1 fully saturated rings. The Balaban J connectivity index is 2.23. The van der Waals surface area contributed by atoms with E-state index in [4.69, 9.17) is 5.73 Å². The highest BCUT2D eigenvalue weighted by molar-refractivity contribution is 9.10. The Bertz CT molecular complexity index is 336. The maximum Gasteiger partial charge on any atom is 0.147 e. The molecule has 1 atom stereocenters. The normalized spacial score (nSPS) is 21.0. The van der Waals surface area contributed by atoms with Crippen LogP contribution in [-0.4, -0.2) is 19.6 Å². The first-order valence-electron chi connectivity index (χ1n) is 5.11. The van der Waals surface area contributed by atoms with Crippen molar-refractivity contribution in [2.75, 3.05) is 24.5 Å². The quantitative estimate of drug-likeness (QED) is 0.896. The van der Waals surface area contributed by atoms with E-state index in [1.165, 1.54) is 6.07 Å². The molecule has 1 unspecified atom stereocenters. The summed E-state index contributed by atoms with van der Waals surface area (Å²) in [5.74, 6) is 0.332. The van der Waals surface area contributed by atoms with E-state index in [0.29, 0.717) is 18.2 Å². The molecule has 2 rings (SSSR count). The SMILES string of the molecule is NCC1CCN(c2c(F)cccc2Br)C1. The van der Waals surface area contributed by atoms with Gasteiger partial charge in [0.2, 0.25) is 0 Å². The number of hydrogen-bond donors (Lipinski definition) is 1. The molecule has 2 N–H and O–H groups in total. The Morgan fingerprint density at radius 2 is 2.33 bits per heavy atom. The van der Waals surface area contributed by atoms with Crippen LogP contribution in [0.2, 0.25) is 0 Å². The minimum Gasteiger partial charge on any atom is -0.368 e. The fraction of sp³-hybridized carbons (Fsp3) is 0.455. The topological polar surface area (TPSA) is 29.3 Å². The second kappa shape index (κ2) is 4.49. The van der Waals surface area contributed by atoms with E-state index in [1.807, 2.05) is 6.07 Å². The van der Waals surface area contributed by atoms with Crippen LogP contribution in [0.4, 0.5) is 10.1 Å². The van der Waals surface area contributed by atoms with Crippen LogP contribution in [0.25, 0.3) is 0 Å². The Hall–Kier alpha value is -0.610. The monoisotopic (exact) mass is 272 g/mol. The lowest BCUT2D eigenvalue weighted by Gasteiger charge is -2.20. The molecule has 0 saturated carbocycles. The molecule has 82 valence electrons. The summed E-state index contributed by atoms with van der Waals surface area (Å²) in [6.07, 6.45) is 1.05. The summed E-state index contributed by atoms with van der Waals surface area (Å²) in [5, 5.41) is 0. The molecule has 1 aromatic rings. The lowest BCUT2D eigenvalue weighted by Crippen LogP contribution is -2.23. The van der Waals surface area contributed by atoms with Gasteiger partial charge in [0.25, 0.3) is 0 Å². The molecular formula is C11H14BrFN2. The summed E-state index contributed by atoms with van der Waals surface area (Å²) in [6, 6.07) is 5.07. The molecule has 0 bridgehead atoms. The van der Waals surface area contributed by atoms with Gasteiger partial charge < -0.3 is 10.6 Å². The average molecular weight is 273 g/mol. The predicted octanol–water partition coefficient (Wildman–Crippen LogP) is 2.37. The molecule has 0 spiro atoms. The van der Waals surface area contributed by atoms with Crippen molar-refractivity contribution in [1.29, 1.82) is 0 Å². The van der Waals surface area contributed by atoms with E-state index >= 15 is 0 Å². The third-order valence-corrected chi connectivity index (χ3v) is 3.51. The summed E-state index contributed by atoms with van der Waals surface area (Å²) >= 11 is 3.39. The lowest BCUT2D eigenvalue weighted by molar-refractivity contribution is 0.597. The van der Waals surface area contributed by atoms with E-state index in [-0.39, 0.29) is 5.82 Å². The number of nitrogens with two attached hydrogens (primary N) is 1. The van der Waals surface area contributed by atoms with Gasteiger partial charge in [0.05, 0.1) is 5.69 Å². The molecule has 0 radical (unpaired) electrons. The zero-order chi connectivity index (χ0) is 10.8. The van der Waals surface area contributed by atoms with Gasteiger partial charge in [-0.05, 0) is 46.9 Å². The minimum atomic E-state index is -0.165. The van der Waals surface area contributed by atoms with Crippen molar-refractivity contribution in [2.24, 2.45) is 11.7 Å². The number of halogens is 2. The number of nitrogens with zero attached hydrogens (tertiary/aromatic N) is 1. The van der Waals surface area contributed by atoms with E-state index in [9.17, 15) is 4.39 Å². The van der Waals surface area contributed by atoms with Crippen LogP contribution >= 0.6 is 15.9 Å². The number of anilines is 1. The van der Waals surface area contributed by atoms with Gasteiger partial charge in [-0.1, -0.05) is 6.07 Å². The van der Waals surface area contributed by atoms with Crippen molar-refractivity contribution < 1.29 is 4.39 Å². The first kappa shape index (κ1) is 10.9. The largest absolute Gasteiger partial charge is 0.368 e. The molecule has 0 amide bonds. The van der Waals surface area contributed by atoms with Gasteiger partial charge in [-0.25, -0.2) is 4.39 Å². The molecule has 1 aromatic carbocycles. The highest BCUT2D eigenvalue weighted by atomic mass is 79.9. The lowest BCUT2D eigenvalue weighted by atomic mass is 10.1. The summed E-state index contributed by atoms with van der Waals surface area (Å²) in [6.45, 7) is 2.43. The summed E-state index contributed by atoms with van der Waals surface area (Å²) in [5.41, 5.74) is 6.29. The summed E-state index contributed by atoms with van der Waals surface area (Å²) < 4.78 is 14.5. The Morgan fingerprint density at radius 1 is 1.53 bits per heavy atom.